The van der Waals surface area contributed by atoms with Gasteiger partial charge in [0.05, 0.1) is 29.6 Å². The van der Waals surface area contributed by atoms with Crippen molar-refractivity contribution in [1.29, 1.82) is 5.26 Å². The second kappa shape index (κ2) is 7.09. The number of nitrogens with zero attached hydrogens (tertiary/aromatic N) is 2. The first-order valence-corrected chi connectivity index (χ1v) is 6.09. The molecule has 0 spiro atoms. The van der Waals surface area contributed by atoms with Gasteiger partial charge in [-0.1, -0.05) is 6.07 Å². The van der Waals surface area contributed by atoms with Crippen molar-refractivity contribution in [1.82, 2.24) is 5.32 Å². The van der Waals surface area contributed by atoms with Crippen LogP contribution in [0.25, 0.3) is 0 Å². The molecule has 0 bridgehead atoms. The number of benzene rings is 1. The molecule has 0 radical (unpaired) electrons. The summed E-state index contributed by atoms with van der Waals surface area (Å²) in [5.41, 5.74) is -0.168. The number of hydrogen-bond donors (Lipinski definition) is 1. The Morgan fingerprint density at radius 1 is 1.60 bits per heavy atom. The summed E-state index contributed by atoms with van der Waals surface area (Å²) >= 11 is 0. The van der Waals surface area contributed by atoms with Crippen LogP contribution in [0.4, 0.5) is 5.69 Å². The second-order valence-electron chi connectivity index (χ2n) is 4.08. The van der Waals surface area contributed by atoms with Gasteiger partial charge >= 0.3 is 5.69 Å². The number of ether oxygens (including phenoxy) is 1. The lowest BCUT2D eigenvalue weighted by atomic mass is 10.1. The van der Waals surface area contributed by atoms with E-state index in [1.807, 2.05) is 6.07 Å². The zero-order valence-electron chi connectivity index (χ0n) is 11.3. The molecule has 1 unspecified atom stereocenters. The van der Waals surface area contributed by atoms with Gasteiger partial charge in [0.15, 0.2) is 0 Å². The van der Waals surface area contributed by atoms with E-state index in [2.05, 4.69) is 5.32 Å². The van der Waals surface area contributed by atoms with E-state index >= 15 is 0 Å². The minimum absolute atomic E-state index is 0.0540. The number of para-hydroxylation sites is 1. The van der Waals surface area contributed by atoms with Gasteiger partial charge in [0.25, 0.3) is 5.91 Å². The van der Waals surface area contributed by atoms with Gasteiger partial charge in [0.1, 0.15) is 0 Å². The Morgan fingerprint density at radius 3 is 2.85 bits per heavy atom. The van der Waals surface area contributed by atoms with Crippen molar-refractivity contribution in [2.24, 2.45) is 0 Å². The van der Waals surface area contributed by atoms with Crippen molar-refractivity contribution in [2.75, 3.05) is 6.61 Å². The van der Waals surface area contributed by atoms with Crippen LogP contribution in [0.5, 0.6) is 5.75 Å². The van der Waals surface area contributed by atoms with Crippen LogP contribution < -0.4 is 10.1 Å². The highest BCUT2D eigenvalue weighted by Gasteiger charge is 2.23. The molecule has 0 aromatic heterocycles. The lowest BCUT2D eigenvalue weighted by molar-refractivity contribution is -0.385. The largest absolute Gasteiger partial charge is 0.487 e. The molecule has 7 heteroatoms. The zero-order chi connectivity index (χ0) is 15.1. The predicted molar refractivity (Wildman–Crippen MR) is 71.4 cm³/mol. The third-order valence-corrected chi connectivity index (χ3v) is 2.50. The van der Waals surface area contributed by atoms with Gasteiger partial charge < -0.3 is 10.1 Å². The predicted octanol–water partition coefficient (Wildman–Crippen LogP) is 2.03. The summed E-state index contributed by atoms with van der Waals surface area (Å²) in [5.74, 6) is -0.554. The normalized spacial score (nSPS) is 11.2. The number of carbonyl (C=O) groups excluding carboxylic acids is 1. The summed E-state index contributed by atoms with van der Waals surface area (Å²) < 4.78 is 5.22. The van der Waals surface area contributed by atoms with Crippen molar-refractivity contribution in [3.8, 4) is 11.8 Å². The number of rotatable bonds is 6. The van der Waals surface area contributed by atoms with Gasteiger partial charge in [0.2, 0.25) is 5.75 Å². The van der Waals surface area contributed by atoms with Crippen LogP contribution >= 0.6 is 0 Å². The third-order valence-electron chi connectivity index (χ3n) is 2.50. The van der Waals surface area contributed by atoms with Crippen LogP contribution in [0, 0.1) is 21.4 Å². The number of nitrogens with one attached hydrogen (secondary N) is 1. The third kappa shape index (κ3) is 3.68. The maximum atomic E-state index is 12.1. The minimum Gasteiger partial charge on any atom is -0.487 e. The summed E-state index contributed by atoms with van der Waals surface area (Å²) in [6.45, 7) is 3.56. The Morgan fingerprint density at radius 2 is 2.30 bits per heavy atom. The number of nitro groups is 1. The Hall–Kier alpha value is -2.62. The summed E-state index contributed by atoms with van der Waals surface area (Å²) in [4.78, 5) is 22.4. The molecule has 0 aliphatic rings. The molecule has 0 saturated heterocycles. The van der Waals surface area contributed by atoms with Crippen molar-refractivity contribution in [3.05, 3.63) is 33.9 Å². The summed E-state index contributed by atoms with van der Waals surface area (Å²) in [5, 5.41) is 22.1. The van der Waals surface area contributed by atoms with E-state index in [4.69, 9.17) is 10.00 Å². The molecule has 1 rings (SSSR count). The Balaban J connectivity index is 3.10. The van der Waals surface area contributed by atoms with Crippen LogP contribution in [0.3, 0.4) is 0 Å². The molecule has 7 nitrogen and oxygen atoms in total. The SMILES string of the molecule is CCOc1c(C(=O)NC(C)CC#N)cccc1[N+](=O)[O-]. The maximum Gasteiger partial charge on any atom is 0.311 e. The van der Waals surface area contributed by atoms with Crippen LogP contribution in [0.2, 0.25) is 0 Å². The van der Waals surface area contributed by atoms with Gasteiger partial charge in [-0.15, -0.1) is 0 Å². The Bertz CT molecular complexity index is 551. The monoisotopic (exact) mass is 277 g/mol. The second-order valence-corrected chi connectivity index (χ2v) is 4.08. The molecule has 0 heterocycles. The smallest absolute Gasteiger partial charge is 0.311 e. The number of nitro benzene ring substituents is 1. The average molecular weight is 277 g/mol. The Labute approximate surface area is 116 Å². The fourth-order valence-corrected chi connectivity index (χ4v) is 1.63. The molecule has 1 aromatic rings. The van der Waals surface area contributed by atoms with Gasteiger partial charge in [-0.05, 0) is 19.9 Å². The minimum atomic E-state index is -0.597. The average Bonchev–Trinajstić information content (AvgIpc) is 2.39. The van der Waals surface area contributed by atoms with E-state index in [0.29, 0.717) is 0 Å². The van der Waals surface area contributed by atoms with E-state index in [-0.39, 0.29) is 36.1 Å². The molecule has 1 amide bonds. The van der Waals surface area contributed by atoms with Crippen molar-refractivity contribution < 1.29 is 14.5 Å². The van der Waals surface area contributed by atoms with E-state index < -0.39 is 10.8 Å². The van der Waals surface area contributed by atoms with E-state index in [9.17, 15) is 14.9 Å². The van der Waals surface area contributed by atoms with Gasteiger partial charge in [-0.2, -0.15) is 5.26 Å². The highest BCUT2D eigenvalue weighted by Crippen LogP contribution is 2.30. The summed E-state index contributed by atoms with van der Waals surface area (Å²) in [7, 11) is 0. The summed E-state index contributed by atoms with van der Waals surface area (Å²) in [6, 6.07) is 5.74. The quantitative estimate of drug-likeness (QED) is 0.632. The van der Waals surface area contributed by atoms with Crippen LogP contribution in [-0.2, 0) is 0 Å². The first-order chi connectivity index (χ1) is 9.51. The highest BCUT2D eigenvalue weighted by atomic mass is 16.6. The fourth-order valence-electron chi connectivity index (χ4n) is 1.63. The first-order valence-electron chi connectivity index (χ1n) is 6.09. The van der Waals surface area contributed by atoms with Crippen LogP contribution in [0.15, 0.2) is 18.2 Å². The maximum absolute atomic E-state index is 12.1. The number of hydrogen-bond acceptors (Lipinski definition) is 5. The number of carbonyl (C=O) groups is 1. The number of nitriles is 1. The lowest BCUT2D eigenvalue weighted by Gasteiger charge is -2.13. The molecular formula is C13H15N3O4. The van der Waals surface area contributed by atoms with E-state index in [1.165, 1.54) is 18.2 Å². The molecule has 1 aromatic carbocycles. The first kappa shape index (κ1) is 15.4. The highest BCUT2D eigenvalue weighted by molar-refractivity contribution is 5.98. The molecule has 20 heavy (non-hydrogen) atoms. The molecular weight excluding hydrogens is 262 g/mol. The van der Waals surface area contributed by atoms with Crippen molar-refractivity contribution in [3.63, 3.8) is 0 Å². The van der Waals surface area contributed by atoms with Crippen LogP contribution in [0.1, 0.15) is 30.6 Å². The molecule has 106 valence electrons. The molecule has 0 aliphatic carbocycles. The molecule has 0 fully saturated rings. The lowest BCUT2D eigenvalue weighted by Crippen LogP contribution is -2.32. The molecule has 0 saturated carbocycles. The molecule has 0 aliphatic heterocycles. The number of amides is 1. The molecule has 1 atom stereocenters. The molecule has 1 N–H and O–H groups in total. The fraction of sp³-hybridized carbons (Fsp3) is 0.385. The standard InChI is InChI=1S/C13H15N3O4/c1-3-20-12-10(5-4-6-11(12)16(18)19)13(17)15-9(2)7-8-14/h4-6,9H,3,7H2,1-2H3,(H,15,17). The van der Waals surface area contributed by atoms with E-state index in [0.717, 1.165) is 0 Å². The van der Waals surface area contributed by atoms with Crippen molar-refractivity contribution in [2.45, 2.75) is 26.3 Å². The van der Waals surface area contributed by atoms with Crippen LogP contribution in [-0.4, -0.2) is 23.5 Å². The van der Waals surface area contributed by atoms with Crippen molar-refractivity contribution >= 4 is 11.6 Å². The van der Waals surface area contributed by atoms with Gasteiger partial charge in [-0.3, -0.25) is 14.9 Å². The topological polar surface area (TPSA) is 105 Å². The Kier molecular flexibility index (Phi) is 5.47. The van der Waals surface area contributed by atoms with Gasteiger partial charge in [0, 0.05) is 12.1 Å². The zero-order valence-corrected chi connectivity index (χ0v) is 11.3. The van der Waals surface area contributed by atoms with E-state index in [1.54, 1.807) is 13.8 Å². The summed E-state index contributed by atoms with van der Waals surface area (Å²) in [6.07, 6.45) is 0.157. The van der Waals surface area contributed by atoms with Gasteiger partial charge in [-0.25, -0.2) is 0 Å².